The first-order valence-electron chi connectivity index (χ1n) is 9.56. The molecule has 1 heterocycles. The van der Waals surface area contributed by atoms with Crippen molar-refractivity contribution in [2.75, 3.05) is 46.9 Å². The Balaban J connectivity index is 1.58. The highest BCUT2D eigenvalue weighted by Crippen LogP contribution is 2.17. The minimum Gasteiger partial charge on any atom is -0.496 e. The zero-order valence-electron chi connectivity index (χ0n) is 16.5. The highest BCUT2D eigenvalue weighted by Gasteiger charge is 2.21. The molecule has 0 radical (unpaired) electrons. The molecule has 1 saturated heterocycles. The number of para-hydroxylation sites is 1. The fourth-order valence-electron chi connectivity index (χ4n) is 3.31. The van der Waals surface area contributed by atoms with Crippen molar-refractivity contribution >= 4 is 11.8 Å². The van der Waals surface area contributed by atoms with Gasteiger partial charge in [-0.1, -0.05) is 24.3 Å². The van der Waals surface area contributed by atoms with Gasteiger partial charge in [-0.2, -0.15) is 0 Å². The molecular formula is C22H27N3O3. The molecule has 0 bridgehead atoms. The lowest BCUT2D eigenvalue weighted by atomic mass is 10.1. The summed E-state index contributed by atoms with van der Waals surface area (Å²) in [6.07, 6.45) is 0.676. The first-order chi connectivity index (χ1) is 13.6. The predicted molar refractivity (Wildman–Crippen MR) is 109 cm³/mol. The number of rotatable bonds is 6. The molecule has 0 aliphatic carbocycles. The van der Waals surface area contributed by atoms with Crippen molar-refractivity contribution in [1.29, 1.82) is 0 Å². The molecule has 0 aromatic heterocycles. The van der Waals surface area contributed by atoms with Crippen LogP contribution in [-0.2, 0) is 6.42 Å². The number of piperazine rings is 1. The lowest BCUT2D eigenvalue weighted by molar-refractivity contribution is 0.0664. The molecule has 0 unspecified atom stereocenters. The number of methoxy groups -OCH3 is 1. The van der Waals surface area contributed by atoms with Crippen LogP contribution < -0.4 is 10.1 Å². The van der Waals surface area contributed by atoms with Crippen molar-refractivity contribution in [3.05, 3.63) is 65.2 Å². The van der Waals surface area contributed by atoms with Gasteiger partial charge in [0.1, 0.15) is 5.75 Å². The SMILES string of the molecule is COc1ccccc1CCNC(=O)c1cccc(C(=O)N2CCN(C)CC2)c1. The van der Waals surface area contributed by atoms with Crippen LogP contribution in [0.25, 0.3) is 0 Å². The van der Waals surface area contributed by atoms with Gasteiger partial charge in [0.2, 0.25) is 0 Å². The molecule has 6 nitrogen and oxygen atoms in total. The first kappa shape index (κ1) is 19.9. The van der Waals surface area contributed by atoms with Gasteiger partial charge < -0.3 is 19.9 Å². The monoisotopic (exact) mass is 381 g/mol. The van der Waals surface area contributed by atoms with Crippen LogP contribution >= 0.6 is 0 Å². The predicted octanol–water partition coefficient (Wildman–Crippen LogP) is 2.06. The number of ether oxygens (including phenoxy) is 1. The maximum atomic E-state index is 12.7. The molecular weight excluding hydrogens is 354 g/mol. The molecule has 3 rings (SSSR count). The van der Waals surface area contributed by atoms with E-state index in [0.29, 0.717) is 37.2 Å². The molecule has 6 heteroatoms. The molecule has 1 aliphatic heterocycles. The highest BCUT2D eigenvalue weighted by molar-refractivity contribution is 5.99. The van der Waals surface area contributed by atoms with E-state index in [1.807, 2.05) is 29.2 Å². The van der Waals surface area contributed by atoms with Crippen LogP contribution in [0.2, 0.25) is 0 Å². The number of nitrogens with zero attached hydrogens (tertiary/aromatic N) is 2. The Bertz CT molecular complexity index is 829. The maximum absolute atomic E-state index is 12.7. The zero-order valence-corrected chi connectivity index (χ0v) is 16.5. The summed E-state index contributed by atoms with van der Waals surface area (Å²) in [6.45, 7) is 3.66. The van der Waals surface area contributed by atoms with Crippen LogP contribution in [0.4, 0.5) is 0 Å². The Morgan fingerprint density at radius 1 is 1.00 bits per heavy atom. The van der Waals surface area contributed by atoms with Gasteiger partial charge in [-0.15, -0.1) is 0 Å². The molecule has 0 saturated carbocycles. The third kappa shape index (κ3) is 4.89. The van der Waals surface area contributed by atoms with Gasteiger partial charge in [-0.25, -0.2) is 0 Å². The van der Waals surface area contributed by atoms with Crippen LogP contribution in [0.3, 0.4) is 0 Å². The summed E-state index contributed by atoms with van der Waals surface area (Å²) in [7, 11) is 3.69. The Kier molecular flexibility index (Phi) is 6.66. The summed E-state index contributed by atoms with van der Waals surface area (Å²) in [5, 5.41) is 2.92. The number of benzene rings is 2. The average Bonchev–Trinajstić information content (AvgIpc) is 2.74. The second-order valence-electron chi connectivity index (χ2n) is 6.99. The average molecular weight is 381 g/mol. The van der Waals surface area contributed by atoms with E-state index in [2.05, 4.69) is 17.3 Å². The van der Waals surface area contributed by atoms with Crippen LogP contribution in [0, 0.1) is 0 Å². The smallest absolute Gasteiger partial charge is 0.253 e. The quantitative estimate of drug-likeness (QED) is 0.832. The summed E-state index contributed by atoms with van der Waals surface area (Å²) >= 11 is 0. The Hall–Kier alpha value is -2.86. The second-order valence-corrected chi connectivity index (χ2v) is 6.99. The van der Waals surface area contributed by atoms with E-state index in [0.717, 1.165) is 24.4 Å². The number of amides is 2. The van der Waals surface area contributed by atoms with Crippen molar-refractivity contribution in [1.82, 2.24) is 15.1 Å². The lowest BCUT2D eigenvalue weighted by Crippen LogP contribution is -2.47. The van der Waals surface area contributed by atoms with Crippen LogP contribution in [0.15, 0.2) is 48.5 Å². The maximum Gasteiger partial charge on any atom is 0.253 e. The van der Waals surface area contributed by atoms with E-state index >= 15 is 0 Å². The third-order valence-electron chi connectivity index (χ3n) is 5.03. The van der Waals surface area contributed by atoms with Gasteiger partial charge in [0.25, 0.3) is 11.8 Å². The fourth-order valence-corrected chi connectivity index (χ4v) is 3.31. The van der Waals surface area contributed by atoms with E-state index in [-0.39, 0.29) is 11.8 Å². The van der Waals surface area contributed by atoms with Crippen LogP contribution in [0.5, 0.6) is 5.75 Å². The van der Waals surface area contributed by atoms with Gasteiger partial charge in [-0.3, -0.25) is 9.59 Å². The summed E-state index contributed by atoms with van der Waals surface area (Å²) in [5.74, 6) is 0.621. The first-order valence-corrected chi connectivity index (χ1v) is 9.56. The Morgan fingerprint density at radius 3 is 2.46 bits per heavy atom. The molecule has 0 atom stereocenters. The number of likely N-dealkylation sites (N-methyl/N-ethyl adjacent to an activating group) is 1. The number of carbonyl (C=O) groups is 2. The number of nitrogens with one attached hydrogen (secondary N) is 1. The largest absolute Gasteiger partial charge is 0.496 e. The Morgan fingerprint density at radius 2 is 1.71 bits per heavy atom. The number of hydrogen-bond acceptors (Lipinski definition) is 4. The molecule has 1 aliphatic rings. The van der Waals surface area contributed by atoms with Crippen LogP contribution in [-0.4, -0.2) is 68.5 Å². The van der Waals surface area contributed by atoms with E-state index in [1.165, 1.54) is 0 Å². The lowest BCUT2D eigenvalue weighted by Gasteiger charge is -2.32. The van der Waals surface area contributed by atoms with Crippen molar-refractivity contribution in [2.24, 2.45) is 0 Å². The van der Waals surface area contributed by atoms with Gasteiger partial charge >= 0.3 is 0 Å². The second kappa shape index (κ2) is 9.37. The summed E-state index contributed by atoms with van der Waals surface area (Å²) in [6, 6.07) is 14.7. The van der Waals surface area contributed by atoms with Crippen LogP contribution in [0.1, 0.15) is 26.3 Å². The minimum absolute atomic E-state index is 0.0169. The molecule has 28 heavy (non-hydrogen) atoms. The molecule has 148 valence electrons. The summed E-state index contributed by atoms with van der Waals surface area (Å²) in [4.78, 5) is 29.3. The molecule has 1 fully saturated rings. The van der Waals surface area contributed by atoms with Gasteiger partial charge in [0.05, 0.1) is 7.11 Å². The van der Waals surface area contributed by atoms with Gasteiger partial charge in [0.15, 0.2) is 0 Å². The van der Waals surface area contributed by atoms with E-state index in [9.17, 15) is 9.59 Å². The molecule has 2 aromatic rings. The van der Waals surface area contributed by atoms with Crippen molar-refractivity contribution < 1.29 is 14.3 Å². The fraction of sp³-hybridized carbons (Fsp3) is 0.364. The minimum atomic E-state index is -0.178. The molecule has 0 spiro atoms. The van der Waals surface area contributed by atoms with Crippen molar-refractivity contribution in [2.45, 2.75) is 6.42 Å². The molecule has 2 aromatic carbocycles. The Labute approximate surface area is 166 Å². The van der Waals surface area contributed by atoms with E-state index in [1.54, 1.807) is 31.4 Å². The van der Waals surface area contributed by atoms with E-state index < -0.39 is 0 Å². The summed E-state index contributed by atoms with van der Waals surface area (Å²) < 4.78 is 5.34. The van der Waals surface area contributed by atoms with Gasteiger partial charge in [-0.05, 0) is 43.3 Å². The summed E-state index contributed by atoms with van der Waals surface area (Å²) in [5.41, 5.74) is 2.10. The van der Waals surface area contributed by atoms with Gasteiger partial charge in [0, 0.05) is 43.9 Å². The number of hydrogen-bond donors (Lipinski definition) is 1. The highest BCUT2D eigenvalue weighted by atomic mass is 16.5. The molecule has 2 amide bonds. The standard InChI is InChI=1S/C22H27N3O3/c1-24-12-14-25(15-13-24)22(27)19-8-5-7-18(16-19)21(26)23-11-10-17-6-3-4-9-20(17)28-2/h3-9,16H,10-15H2,1-2H3,(H,23,26). The third-order valence-corrected chi connectivity index (χ3v) is 5.03. The van der Waals surface area contributed by atoms with Crippen molar-refractivity contribution in [3.8, 4) is 5.75 Å². The number of carbonyl (C=O) groups excluding carboxylic acids is 2. The molecule has 1 N–H and O–H groups in total. The van der Waals surface area contributed by atoms with Crippen molar-refractivity contribution in [3.63, 3.8) is 0 Å². The topological polar surface area (TPSA) is 61.9 Å². The zero-order chi connectivity index (χ0) is 19.9. The normalized spacial score (nSPS) is 14.6. The van der Waals surface area contributed by atoms with E-state index in [4.69, 9.17) is 4.74 Å².